The summed E-state index contributed by atoms with van der Waals surface area (Å²) < 4.78 is 17.7. The van der Waals surface area contributed by atoms with Crippen LogP contribution in [0.3, 0.4) is 0 Å². The van der Waals surface area contributed by atoms with E-state index in [-0.39, 0.29) is 0 Å². The molecule has 2 N–H and O–H groups in total. The molecule has 1 heterocycles. The Labute approximate surface area is 111 Å². The lowest BCUT2D eigenvalue weighted by Crippen LogP contribution is -2.05. The molecule has 0 fully saturated rings. The van der Waals surface area contributed by atoms with E-state index in [1.165, 1.54) is 0 Å². The van der Waals surface area contributed by atoms with Crippen LogP contribution in [0.2, 0.25) is 0 Å². The molecule has 0 aliphatic heterocycles. The summed E-state index contributed by atoms with van der Waals surface area (Å²) in [5, 5.41) is 0. The monoisotopic (exact) mass is 263 g/mol. The van der Waals surface area contributed by atoms with Gasteiger partial charge in [0.2, 0.25) is 0 Å². The molecule has 102 valence electrons. The molecule has 2 aromatic rings. The van der Waals surface area contributed by atoms with Gasteiger partial charge in [0.1, 0.15) is 5.75 Å². The van der Waals surface area contributed by atoms with E-state index in [0.717, 1.165) is 5.56 Å². The predicted molar refractivity (Wildman–Crippen MR) is 71.8 cm³/mol. The van der Waals surface area contributed by atoms with Gasteiger partial charge in [-0.05, 0) is 6.07 Å². The number of rotatable bonds is 5. The Morgan fingerprint density at radius 1 is 1.05 bits per heavy atom. The van der Waals surface area contributed by atoms with Crippen molar-refractivity contribution in [2.45, 2.75) is 6.54 Å². The maximum absolute atomic E-state index is 5.76. The van der Waals surface area contributed by atoms with Crippen molar-refractivity contribution >= 4 is 5.95 Å². The van der Waals surface area contributed by atoms with Crippen molar-refractivity contribution < 1.29 is 14.2 Å². The van der Waals surface area contributed by atoms with Crippen LogP contribution < -0.4 is 19.9 Å². The van der Waals surface area contributed by atoms with Gasteiger partial charge in [-0.1, -0.05) is 0 Å². The molecule has 0 spiro atoms. The summed E-state index contributed by atoms with van der Waals surface area (Å²) >= 11 is 0. The zero-order valence-electron chi connectivity index (χ0n) is 11.2. The molecule has 2 rings (SSSR count). The molecule has 6 nitrogen and oxygen atoms in total. The minimum Gasteiger partial charge on any atom is -0.496 e. The van der Waals surface area contributed by atoms with Gasteiger partial charge in [0.05, 0.1) is 27.9 Å². The second kappa shape index (κ2) is 5.51. The molecule has 19 heavy (non-hydrogen) atoms. The first-order valence-corrected chi connectivity index (χ1v) is 5.75. The van der Waals surface area contributed by atoms with E-state index in [9.17, 15) is 0 Å². The third-order valence-corrected chi connectivity index (χ3v) is 2.87. The highest BCUT2D eigenvalue weighted by atomic mass is 16.5. The molecule has 0 aliphatic rings. The summed E-state index contributed by atoms with van der Waals surface area (Å²) in [4.78, 5) is 3.99. The van der Waals surface area contributed by atoms with Gasteiger partial charge < -0.3 is 24.5 Å². The van der Waals surface area contributed by atoms with Gasteiger partial charge in [0.25, 0.3) is 0 Å². The molecule has 0 saturated heterocycles. The van der Waals surface area contributed by atoms with Crippen LogP contribution in [-0.4, -0.2) is 30.9 Å². The molecule has 0 unspecified atom stereocenters. The first kappa shape index (κ1) is 13.1. The van der Waals surface area contributed by atoms with Crippen LogP contribution >= 0.6 is 0 Å². The first-order chi connectivity index (χ1) is 9.19. The largest absolute Gasteiger partial charge is 0.496 e. The Kier molecular flexibility index (Phi) is 3.79. The van der Waals surface area contributed by atoms with Crippen LogP contribution in [-0.2, 0) is 6.54 Å². The number of benzene rings is 1. The number of ether oxygens (including phenoxy) is 3. The zero-order valence-corrected chi connectivity index (χ0v) is 11.2. The standard InChI is InChI=1S/C13H17N3O3/c1-17-10-7-12(19-3)11(18-2)6-9(10)8-16-5-4-15-13(16)14/h4-7H,8H2,1-3H3,(H2,14,15). The van der Waals surface area contributed by atoms with E-state index in [0.29, 0.717) is 29.7 Å². The Hall–Kier alpha value is -2.37. The number of nitrogen functional groups attached to an aromatic ring is 1. The number of anilines is 1. The summed E-state index contributed by atoms with van der Waals surface area (Å²) in [6.07, 6.45) is 3.47. The van der Waals surface area contributed by atoms with Gasteiger partial charge in [0.15, 0.2) is 17.4 Å². The highest BCUT2D eigenvalue weighted by molar-refractivity contribution is 5.51. The van der Waals surface area contributed by atoms with Crippen LogP contribution in [0.15, 0.2) is 24.5 Å². The molecular formula is C13H17N3O3. The van der Waals surface area contributed by atoms with Crippen LogP contribution in [0.25, 0.3) is 0 Å². The van der Waals surface area contributed by atoms with Crippen molar-refractivity contribution in [1.82, 2.24) is 9.55 Å². The average molecular weight is 263 g/mol. The lowest BCUT2D eigenvalue weighted by molar-refractivity contribution is 0.347. The van der Waals surface area contributed by atoms with E-state index in [1.54, 1.807) is 33.6 Å². The molecule has 0 atom stereocenters. The second-order valence-electron chi connectivity index (χ2n) is 3.93. The first-order valence-electron chi connectivity index (χ1n) is 5.75. The molecule has 1 aromatic heterocycles. The summed E-state index contributed by atoms with van der Waals surface area (Å²) in [5.41, 5.74) is 6.70. The highest BCUT2D eigenvalue weighted by Gasteiger charge is 2.12. The van der Waals surface area contributed by atoms with Crippen molar-refractivity contribution in [3.8, 4) is 17.2 Å². The summed E-state index contributed by atoms with van der Waals surface area (Å²) in [7, 11) is 4.80. The molecule has 0 radical (unpaired) electrons. The van der Waals surface area contributed by atoms with Crippen molar-refractivity contribution in [3.63, 3.8) is 0 Å². The number of methoxy groups -OCH3 is 3. The third-order valence-electron chi connectivity index (χ3n) is 2.87. The molecular weight excluding hydrogens is 246 g/mol. The van der Waals surface area contributed by atoms with E-state index in [4.69, 9.17) is 19.9 Å². The molecule has 0 bridgehead atoms. The predicted octanol–water partition coefficient (Wildman–Crippen LogP) is 1.54. The fraction of sp³-hybridized carbons (Fsp3) is 0.308. The van der Waals surface area contributed by atoms with Crippen LogP contribution in [0.5, 0.6) is 17.2 Å². The maximum atomic E-state index is 5.76. The Morgan fingerprint density at radius 3 is 2.21 bits per heavy atom. The molecule has 0 amide bonds. The van der Waals surface area contributed by atoms with Gasteiger partial charge in [-0.2, -0.15) is 0 Å². The number of imidazole rings is 1. The lowest BCUT2D eigenvalue weighted by atomic mass is 10.1. The fourth-order valence-electron chi connectivity index (χ4n) is 1.87. The Balaban J connectivity index is 2.41. The van der Waals surface area contributed by atoms with Crippen molar-refractivity contribution in [3.05, 3.63) is 30.1 Å². The van der Waals surface area contributed by atoms with Crippen molar-refractivity contribution in [1.29, 1.82) is 0 Å². The minimum absolute atomic E-state index is 0.455. The van der Waals surface area contributed by atoms with Crippen molar-refractivity contribution in [2.75, 3.05) is 27.1 Å². The number of nitrogens with two attached hydrogens (primary N) is 1. The van der Waals surface area contributed by atoms with E-state index >= 15 is 0 Å². The van der Waals surface area contributed by atoms with Gasteiger partial charge in [-0.25, -0.2) is 4.98 Å². The Bertz CT molecular complexity index is 566. The van der Waals surface area contributed by atoms with Gasteiger partial charge >= 0.3 is 0 Å². The Morgan fingerprint density at radius 2 is 1.68 bits per heavy atom. The molecule has 6 heteroatoms. The summed E-state index contributed by atoms with van der Waals surface area (Å²) in [5.74, 6) is 2.45. The van der Waals surface area contributed by atoms with Crippen LogP contribution in [0.4, 0.5) is 5.95 Å². The zero-order chi connectivity index (χ0) is 13.8. The smallest absolute Gasteiger partial charge is 0.200 e. The molecule has 1 aromatic carbocycles. The van der Waals surface area contributed by atoms with Crippen LogP contribution in [0.1, 0.15) is 5.56 Å². The van der Waals surface area contributed by atoms with Gasteiger partial charge in [-0.15, -0.1) is 0 Å². The van der Waals surface area contributed by atoms with Crippen LogP contribution in [0, 0.1) is 0 Å². The SMILES string of the molecule is COc1cc(OC)c(OC)cc1Cn1ccnc1N. The van der Waals surface area contributed by atoms with E-state index in [1.807, 2.05) is 16.8 Å². The maximum Gasteiger partial charge on any atom is 0.200 e. The molecule has 0 saturated carbocycles. The highest BCUT2D eigenvalue weighted by Crippen LogP contribution is 2.35. The topological polar surface area (TPSA) is 71.5 Å². The molecule has 0 aliphatic carbocycles. The van der Waals surface area contributed by atoms with E-state index in [2.05, 4.69) is 4.98 Å². The summed E-state index contributed by atoms with van der Waals surface area (Å²) in [6, 6.07) is 3.67. The minimum atomic E-state index is 0.455. The van der Waals surface area contributed by atoms with Gasteiger partial charge in [-0.3, -0.25) is 0 Å². The third kappa shape index (κ3) is 2.57. The quantitative estimate of drug-likeness (QED) is 0.886. The fourth-order valence-corrected chi connectivity index (χ4v) is 1.87. The lowest BCUT2D eigenvalue weighted by Gasteiger charge is -2.14. The number of nitrogens with zero attached hydrogens (tertiary/aromatic N) is 2. The number of aromatic nitrogens is 2. The van der Waals surface area contributed by atoms with E-state index < -0.39 is 0 Å². The number of hydrogen-bond acceptors (Lipinski definition) is 5. The average Bonchev–Trinajstić information content (AvgIpc) is 2.83. The normalized spacial score (nSPS) is 10.3. The van der Waals surface area contributed by atoms with Crippen molar-refractivity contribution in [2.24, 2.45) is 0 Å². The second-order valence-corrected chi connectivity index (χ2v) is 3.93. The summed E-state index contributed by atoms with van der Waals surface area (Å²) in [6.45, 7) is 0.551. The van der Waals surface area contributed by atoms with Gasteiger partial charge in [0, 0.05) is 24.0 Å². The number of hydrogen-bond donors (Lipinski definition) is 1.